The van der Waals surface area contributed by atoms with Gasteiger partial charge < -0.3 is 10.1 Å². The SMILES string of the molecule is CCCCCCCCC#C[C@H](Nc1ccc(OC)cc1)c1ccccc1. The van der Waals surface area contributed by atoms with Crippen LogP contribution in [-0.2, 0) is 0 Å². The molecule has 0 aliphatic heterocycles. The molecule has 0 aliphatic carbocycles. The van der Waals surface area contributed by atoms with Crippen molar-refractivity contribution in [2.75, 3.05) is 12.4 Å². The maximum Gasteiger partial charge on any atom is 0.119 e. The summed E-state index contributed by atoms with van der Waals surface area (Å²) in [5.74, 6) is 7.67. The monoisotopic (exact) mass is 349 g/mol. The topological polar surface area (TPSA) is 21.3 Å². The summed E-state index contributed by atoms with van der Waals surface area (Å²) < 4.78 is 5.23. The summed E-state index contributed by atoms with van der Waals surface area (Å²) >= 11 is 0. The van der Waals surface area contributed by atoms with Crippen molar-refractivity contribution in [2.24, 2.45) is 0 Å². The Morgan fingerprint density at radius 2 is 1.58 bits per heavy atom. The van der Waals surface area contributed by atoms with Gasteiger partial charge in [-0.3, -0.25) is 0 Å². The summed E-state index contributed by atoms with van der Waals surface area (Å²) in [6, 6.07) is 18.4. The fourth-order valence-corrected chi connectivity index (χ4v) is 2.87. The van der Waals surface area contributed by atoms with Gasteiger partial charge in [0.2, 0.25) is 0 Å². The Morgan fingerprint density at radius 1 is 0.885 bits per heavy atom. The van der Waals surface area contributed by atoms with Gasteiger partial charge in [-0.15, -0.1) is 5.92 Å². The van der Waals surface area contributed by atoms with Crippen molar-refractivity contribution in [3.05, 3.63) is 60.2 Å². The predicted molar refractivity (Wildman–Crippen MR) is 112 cm³/mol. The summed E-state index contributed by atoms with van der Waals surface area (Å²) in [6.07, 6.45) is 8.80. The van der Waals surface area contributed by atoms with Crippen LogP contribution < -0.4 is 10.1 Å². The van der Waals surface area contributed by atoms with Crippen molar-refractivity contribution in [1.29, 1.82) is 0 Å². The fourth-order valence-electron chi connectivity index (χ4n) is 2.87. The van der Waals surface area contributed by atoms with Crippen molar-refractivity contribution in [3.8, 4) is 17.6 Å². The number of hydrogen-bond acceptors (Lipinski definition) is 2. The van der Waals surface area contributed by atoms with Gasteiger partial charge >= 0.3 is 0 Å². The number of nitrogens with one attached hydrogen (secondary N) is 1. The van der Waals surface area contributed by atoms with Crippen molar-refractivity contribution in [3.63, 3.8) is 0 Å². The number of hydrogen-bond donors (Lipinski definition) is 1. The maximum atomic E-state index is 5.23. The third kappa shape index (κ3) is 7.23. The number of methoxy groups -OCH3 is 1. The summed E-state index contributed by atoms with van der Waals surface area (Å²) in [5, 5.41) is 3.54. The number of anilines is 1. The molecule has 0 unspecified atom stereocenters. The van der Waals surface area contributed by atoms with Crippen molar-refractivity contribution in [2.45, 2.75) is 57.9 Å². The molecule has 0 saturated carbocycles. The lowest BCUT2D eigenvalue weighted by Crippen LogP contribution is -2.08. The lowest BCUT2D eigenvalue weighted by Gasteiger charge is -2.15. The number of ether oxygens (including phenoxy) is 1. The Balaban J connectivity index is 1.93. The molecule has 1 N–H and O–H groups in total. The molecule has 1 atom stereocenters. The Hall–Kier alpha value is -2.40. The maximum absolute atomic E-state index is 5.23. The first kappa shape index (κ1) is 19.9. The van der Waals surface area contributed by atoms with E-state index in [0.29, 0.717) is 0 Å². The van der Waals surface area contributed by atoms with Gasteiger partial charge in [-0.25, -0.2) is 0 Å². The summed E-state index contributed by atoms with van der Waals surface area (Å²) in [7, 11) is 1.68. The Labute approximate surface area is 159 Å². The molecular formula is C24H31NO. The largest absolute Gasteiger partial charge is 0.497 e. The summed E-state index contributed by atoms with van der Waals surface area (Å²) in [6.45, 7) is 2.25. The minimum atomic E-state index is 0.00434. The van der Waals surface area contributed by atoms with Crippen LogP contribution in [0, 0.1) is 11.8 Å². The van der Waals surface area contributed by atoms with E-state index in [4.69, 9.17) is 4.74 Å². The van der Waals surface area contributed by atoms with Crippen molar-refractivity contribution >= 4 is 5.69 Å². The molecule has 2 heteroatoms. The lowest BCUT2D eigenvalue weighted by atomic mass is 10.1. The molecule has 2 rings (SSSR count). The molecule has 0 fully saturated rings. The van der Waals surface area contributed by atoms with Crippen LogP contribution in [-0.4, -0.2) is 7.11 Å². The van der Waals surface area contributed by atoms with E-state index in [1.807, 2.05) is 30.3 Å². The van der Waals surface area contributed by atoms with Crippen LogP contribution in [0.1, 0.15) is 63.5 Å². The lowest BCUT2D eigenvalue weighted by molar-refractivity contribution is 0.415. The van der Waals surface area contributed by atoms with E-state index < -0.39 is 0 Å². The molecule has 0 saturated heterocycles. The van der Waals surface area contributed by atoms with Crippen LogP contribution in [0.25, 0.3) is 0 Å². The van der Waals surface area contributed by atoms with Gasteiger partial charge in [0.1, 0.15) is 11.8 Å². The van der Waals surface area contributed by atoms with Gasteiger partial charge in [-0.05, 0) is 36.2 Å². The predicted octanol–water partition coefficient (Wildman–Crippen LogP) is 6.60. The van der Waals surface area contributed by atoms with E-state index >= 15 is 0 Å². The van der Waals surface area contributed by atoms with E-state index in [0.717, 1.165) is 17.9 Å². The molecule has 26 heavy (non-hydrogen) atoms. The normalized spacial score (nSPS) is 11.3. The number of unbranched alkanes of at least 4 members (excludes halogenated alkanes) is 6. The van der Waals surface area contributed by atoms with Crippen LogP contribution in [0.4, 0.5) is 5.69 Å². The molecule has 0 amide bonds. The van der Waals surface area contributed by atoms with E-state index in [-0.39, 0.29) is 6.04 Å². The van der Waals surface area contributed by atoms with Gasteiger partial charge in [0.05, 0.1) is 7.11 Å². The Morgan fingerprint density at radius 3 is 2.27 bits per heavy atom. The minimum Gasteiger partial charge on any atom is -0.497 e. The zero-order valence-electron chi connectivity index (χ0n) is 16.1. The standard InChI is InChI=1S/C24H31NO/c1-3-4-5-6-7-8-9-13-16-24(21-14-11-10-12-15-21)25-22-17-19-23(26-2)20-18-22/h10-12,14-15,17-20,24-25H,3-9H2,1-2H3/t24-/m0/s1. The van der Waals surface area contributed by atoms with Crippen LogP contribution in [0.15, 0.2) is 54.6 Å². The first-order valence-corrected chi connectivity index (χ1v) is 9.77. The van der Waals surface area contributed by atoms with Crippen LogP contribution in [0.2, 0.25) is 0 Å². The Bertz CT molecular complexity index is 667. The highest BCUT2D eigenvalue weighted by molar-refractivity contribution is 5.50. The molecule has 2 aromatic carbocycles. The second-order valence-corrected chi connectivity index (χ2v) is 6.56. The zero-order chi connectivity index (χ0) is 18.5. The van der Waals surface area contributed by atoms with Crippen molar-refractivity contribution < 1.29 is 4.74 Å². The zero-order valence-corrected chi connectivity index (χ0v) is 16.1. The summed E-state index contributed by atoms with van der Waals surface area (Å²) in [4.78, 5) is 0. The number of rotatable bonds is 10. The fraction of sp³-hybridized carbons (Fsp3) is 0.417. The van der Waals surface area contributed by atoms with Crippen LogP contribution in [0.3, 0.4) is 0 Å². The minimum absolute atomic E-state index is 0.00434. The average Bonchev–Trinajstić information content (AvgIpc) is 2.70. The first-order valence-electron chi connectivity index (χ1n) is 9.77. The van der Waals surface area contributed by atoms with E-state index in [1.54, 1.807) is 7.11 Å². The van der Waals surface area contributed by atoms with Gasteiger partial charge in [-0.1, -0.05) is 75.3 Å². The second kappa shape index (κ2) is 12.0. The third-order valence-electron chi connectivity index (χ3n) is 4.44. The highest BCUT2D eigenvalue weighted by atomic mass is 16.5. The van der Waals surface area contributed by atoms with Gasteiger partial charge in [-0.2, -0.15) is 0 Å². The van der Waals surface area contributed by atoms with Crippen LogP contribution in [0.5, 0.6) is 5.75 Å². The van der Waals surface area contributed by atoms with Crippen molar-refractivity contribution in [1.82, 2.24) is 0 Å². The average molecular weight is 350 g/mol. The van der Waals surface area contributed by atoms with E-state index in [2.05, 4.69) is 48.3 Å². The van der Waals surface area contributed by atoms with Gasteiger partial charge in [0.25, 0.3) is 0 Å². The van der Waals surface area contributed by atoms with Gasteiger partial charge in [0.15, 0.2) is 0 Å². The molecule has 0 aromatic heterocycles. The molecule has 2 aromatic rings. The van der Waals surface area contributed by atoms with E-state index in [9.17, 15) is 0 Å². The highest BCUT2D eigenvalue weighted by Gasteiger charge is 2.07. The summed E-state index contributed by atoms with van der Waals surface area (Å²) in [5.41, 5.74) is 2.24. The van der Waals surface area contributed by atoms with Gasteiger partial charge in [0, 0.05) is 12.1 Å². The molecule has 0 bridgehead atoms. The highest BCUT2D eigenvalue weighted by Crippen LogP contribution is 2.21. The molecule has 0 spiro atoms. The molecule has 0 radical (unpaired) electrons. The molecular weight excluding hydrogens is 318 g/mol. The van der Waals surface area contributed by atoms with E-state index in [1.165, 1.54) is 44.1 Å². The first-order chi connectivity index (χ1) is 12.8. The second-order valence-electron chi connectivity index (χ2n) is 6.56. The Kier molecular flexibility index (Phi) is 9.22. The smallest absolute Gasteiger partial charge is 0.119 e. The number of benzene rings is 2. The van der Waals surface area contributed by atoms with Crippen LogP contribution >= 0.6 is 0 Å². The molecule has 0 heterocycles. The molecule has 2 nitrogen and oxygen atoms in total. The molecule has 138 valence electrons. The molecule has 0 aliphatic rings. The third-order valence-corrected chi connectivity index (χ3v) is 4.44. The quantitative estimate of drug-likeness (QED) is 0.385.